The van der Waals surface area contributed by atoms with E-state index in [2.05, 4.69) is 0 Å². The molecule has 2 fully saturated rings. The van der Waals surface area contributed by atoms with Crippen molar-refractivity contribution in [3.63, 3.8) is 0 Å². The van der Waals surface area contributed by atoms with Crippen LogP contribution in [0.5, 0.6) is 0 Å². The van der Waals surface area contributed by atoms with Crippen LogP contribution in [-0.4, -0.2) is 60.0 Å². The maximum atomic E-state index is 12.8. The van der Waals surface area contributed by atoms with E-state index < -0.39 is 0 Å². The number of halogens is 2. The second-order valence-electron chi connectivity index (χ2n) is 7.87. The molecule has 0 N–H and O–H groups in total. The Kier molecular flexibility index (Phi) is 7.24. The summed E-state index contributed by atoms with van der Waals surface area (Å²) in [5, 5.41) is 1.04. The number of rotatable bonds is 4. The monoisotopic (exact) mass is 426 g/mol. The van der Waals surface area contributed by atoms with Crippen molar-refractivity contribution in [3.05, 3.63) is 33.8 Å². The van der Waals surface area contributed by atoms with Crippen molar-refractivity contribution in [2.75, 3.05) is 26.2 Å². The maximum Gasteiger partial charge on any atom is 0.225 e. The number of hydrogen-bond donors (Lipinski definition) is 0. The first kappa shape index (κ1) is 21.4. The van der Waals surface area contributed by atoms with Gasteiger partial charge in [-0.05, 0) is 44.7 Å². The molecule has 5 nitrogen and oxygen atoms in total. The van der Waals surface area contributed by atoms with Crippen LogP contribution in [0.4, 0.5) is 0 Å². The zero-order valence-electron chi connectivity index (χ0n) is 16.5. The molecule has 0 saturated carbocycles. The summed E-state index contributed by atoms with van der Waals surface area (Å²) >= 11 is 12.2. The third-order valence-corrected chi connectivity index (χ3v) is 6.43. The highest BCUT2D eigenvalue weighted by molar-refractivity contribution is 6.42. The Morgan fingerprint density at radius 1 is 1.07 bits per heavy atom. The van der Waals surface area contributed by atoms with Crippen molar-refractivity contribution in [2.24, 2.45) is 5.92 Å². The van der Waals surface area contributed by atoms with Crippen LogP contribution in [0, 0.1) is 5.92 Å². The fraction of sp³-hybridized carbons (Fsp3) is 0.619. The van der Waals surface area contributed by atoms with Crippen LogP contribution in [0.2, 0.25) is 10.0 Å². The first-order chi connectivity index (χ1) is 13.3. The predicted octanol–water partition coefficient (Wildman–Crippen LogP) is 3.80. The van der Waals surface area contributed by atoms with E-state index in [-0.39, 0.29) is 29.9 Å². The average molecular weight is 427 g/mol. The molecule has 1 aromatic rings. The number of aryl methyl sites for hydroxylation is 1. The lowest BCUT2D eigenvalue weighted by Crippen LogP contribution is -2.51. The fourth-order valence-corrected chi connectivity index (χ4v) is 4.55. The lowest BCUT2D eigenvalue weighted by atomic mass is 9.94. The number of ether oxygens (including phenoxy) is 1. The smallest absolute Gasteiger partial charge is 0.225 e. The van der Waals surface area contributed by atoms with E-state index >= 15 is 0 Å². The lowest BCUT2D eigenvalue weighted by Gasteiger charge is -2.39. The zero-order valence-corrected chi connectivity index (χ0v) is 18.0. The minimum atomic E-state index is 0.00363. The number of likely N-dealkylation sites (tertiary alicyclic amines) is 1. The minimum absolute atomic E-state index is 0.00363. The largest absolute Gasteiger partial charge is 0.372 e. The molecule has 2 aliphatic rings. The summed E-state index contributed by atoms with van der Waals surface area (Å²) in [5.74, 6) is 0.319. The van der Waals surface area contributed by atoms with Crippen LogP contribution in [0.3, 0.4) is 0 Å². The number of carbonyl (C=O) groups is 2. The van der Waals surface area contributed by atoms with Crippen molar-refractivity contribution in [1.82, 2.24) is 9.80 Å². The molecule has 2 saturated heterocycles. The molecule has 7 heteroatoms. The van der Waals surface area contributed by atoms with Gasteiger partial charge in [0, 0.05) is 38.5 Å². The van der Waals surface area contributed by atoms with Gasteiger partial charge in [0.15, 0.2) is 0 Å². The maximum absolute atomic E-state index is 12.8. The molecule has 28 heavy (non-hydrogen) atoms. The molecule has 1 aromatic carbocycles. The molecule has 0 bridgehead atoms. The number of carbonyl (C=O) groups excluding carboxylic acids is 2. The molecular formula is C21H28Cl2N2O3. The Labute approximate surface area is 176 Å². The summed E-state index contributed by atoms with van der Waals surface area (Å²) in [6.45, 7) is 6.58. The summed E-state index contributed by atoms with van der Waals surface area (Å²) in [4.78, 5) is 29.2. The molecular weight excluding hydrogens is 399 g/mol. The van der Waals surface area contributed by atoms with E-state index in [1.54, 1.807) is 6.07 Å². The standard InChI is InChI=1S/C21H28Cl2N2O3/c1-14-12-25(13-15(2)28-14)21(27)17-8-10-24(11-9-17)19(26)7-6-16-4-3-5-18(22)20(16)23/h3-5,14-15,17H,6-13H2,1-2H3. The van der Waals surface area contributed by atoms with Crippen molar-refractivity contribution in [1.29, 1.82) is 0 Å². The number of piperidine rings is 1. The summed E-state index contributed by atoms with van der Waals surface area (Å²) in [6, 6.07) is 5.49. The summed E-state index contributed by atoms with van der Waals surface area (Å²) < 4.78 is 5.72. The van der Waals surface area contributed by atoms with Gasteiger partial charge >= 0.3 is 0 Å². The van der Waals surface area contributed by atoms with Crippen LogP contribution in [0.25, 0.3) is 0 Å². The van der Waals surface area contributed by atoms with Crippen molar-refractivity contribution in [2.45, 2.75) is 51.7 Å². The number of morpholine rings is 1. The van der Waals surface area contributed by atoms with Crippen LogP contribution in [0.1, 0.15) is 38.7 Å². The van der Waals surface area contributed by atoms with Crippen LogP contribution >= 0.6 is 23.2 Å². The zero-order chi connectivity index (χ0) is 20.3. The van der Waals surface area contributed by atoms with Gasteiger partial charge in [0.25, 0.3) is 0 Å². The Bertz CT molecular complexity index is 710. The summed E-state index contributed by atoms with van der Waals surface area (Å²) in [5.41, 5.74) is 0.892. The average Bonchev–Trinajstić information content (AvgIpc) is 2.67. The van der Waals surface area contributed by atoms with E-state index in [4.69, 9.17) is 27.9 Å². The normalized spacial score (nSPS) is 23.7. The third kappa shape index (κ3) is 5.19. The van der Waals surface area contributed by atoms with Gasteiger partial charge in [0.05, 0.1) is 22.3 Å². The molecule has 2 atom stereocenters. The van der Waals surface area contributed by atoms with E-state index in [9.17, 15) is 9.59 Å². The van der Waals surface area contributed by atoms with Gasteiger partial charge in [0.1, 0.15) is 0 Å². The van der Waals surface area contributed by atoms with Gasteiger partial charge in [-0.2, -0.15) is 0 Å². The molecule has 2 heterocycles. The number of benzene rings is 1. The number of amides is 2. The van der Waals surface area contributed by atoms with Gasteiger partial charge in [-0.1, -0.05) is 35.3 Å². The Morgan fingerprint density at radius 3 is 2.36 bits per heavy atom. The highest BCUT2D eigenvalue weighted by Gasteiger charge is 2.33. The Hall–Kier alpha value is -1.30. The fourth-order valence-electron chi connectivity index (χ4n) is 4.13. The first-order valence-corrected chi connectivity index (χ1v) is 10.8. The van der Waals surface area contributed by atoms with E-state index in [0.29, 0.717) is 49.1 Å². The van der Waals surface area contributed by atoms with Crippen LogP contribution in [0.15, 0.2) is 18.2 Å². The third-order valence-electron chi connectivity index (χ3n) is 5.57. The van der Waals surface area contributed by atoms with Gasteiger partial charge < -0.3 is 14.5 Å². The molecule has 2 aliphatic heterocycles. The van der Waals surface area contributed by atoms with Crippen molar-refractivity contribution >= 4 is 35.0 Å². The van der Waals surface area contributed by atoms with Crippen molar-refractivity contribution < 1.29 is 14.3 Å². The molecule has 154 valence electrons. The van der Waals surface area contributed by atoms with Crippen LogP contribution < -0.4 is 0 Å². The number of hydrogen-bond acceptors (Lipinski definition) is 3. The SMILES string of the molecule is CC1CN(C(=O)C2CCN(C(=O)CCc3cccc(Cl)c3Cl)CC2)CC(C)O1. The number of nitrogens with zero attached hydrogens (tertiary/aromatic N) is 2. The molecule has 0 radical (unpaired) electrons. The lowest BCUT2D eigenvalue weighted by molar-refractivity contribution is -0.150. The van der Waals surface area contributed by atoms with E-state index in [1.807, 2.05) is 35.8 Å². The molecule has 2 amide bonds. The van der Waals surface area contributed by atoms with Gasteiger partial charge in [0.2, 0.25) is 11.8 Å². The first-order valence-electron chi connectivity index (χ1n) is 10.00. The van der Waals surface area contributed by atoms with Gasteiger partial charge in [-0.3, -0.25) is 9.59 Å². The Balaban J connectivity index is 1.47. The Morgan fingerprint density at radius 2 is 1.71 bits per heavy atom. The van der Waals surface area contributed by atoms with E-state index in [1.165, 1.54) is 0 Å². The molecule has 2 unspecified atom stereocenters. The van der Waals surface area contributed by atoms with Crippen LogP contribution in [-0.2, 0) is 20.7 Å². The van der Waals surface area contributed by atoms with Gasteiger partial charge in [-0.25, -0.2) is 0 Å². The second kappa shape index (κ2) is 9.47. The summed E-state index contributed by atoms with van der Waals surface area (Å²) in [6.07, 6.45) is 2.57. The molecule has 0 aliphatic carbocycles. The van der Waals surface area contributed by atoms with E-state index in [0.717, 1.165) is 18.4 Å². The molecule has 0 aromatic heterocycles. The predicted molar refractivity (Wildman–Crippen MR) is 111 cm³/mol. The van der Waals surface area contributed by atoms with Crippen molar-refractivity contribution in [3.8, 4) is 0 Å². The topological polar surface area (TPSA) is 49.9 Å². The minimum Gasteiger partial charge on any atom is -0.372 e. The highest BCUT2D eigenvalue weighted by Crippen LogP contribution is 2.27. The summed E-state index contributed by atoms with van der Waals surface area (Å²) in [7, 11) is 0. The quantitative estimate of drug-likeness (QED) is 0.735. The molecule has 0 spiro atoms. The van der Waals surface area contributed by atoms with Gasteiger partial charge in [-0.15, -0.1) is 0 Å². The second-order valence-corrected chi connectivity index (χ2v) is 8.65. The highest BCUT2D eigenvalue weighted by atomic mass is 35.5. The molecule has 3 rings (SSSR count).